The summed E-state index contributed by atoms with van der Waals surface area (Å²) in [6.07, 6.45) is 4.74. The first-order valence-electron chi connectivity index (χ1n) is 6.42. The van der Waals surface area contributed by atoms with Crippen molar-refractivity contribution < 1.29 is 4.79 Å². The van der Waals surface area contributed by atoms with E-state index in [0.717, 1.165) is 19.3 Å². The summed E-state index contributed by atoms with van der Waals surface area (Å²) >= 11 is 0. The molecule has 0 aliphatic carbocycles. The molecule has 2 atom stereocenters. The maximum atomic E-state index is 12.4. The Morgan fingerprint density at radius 1 is 1.56 bits per heavy atom. The number of hydrogen-bond acceptors (Lipinski definition) is 4. The Morgan fingerprint density at radius 3 is 2.89 bits per heavy atom. The van der Waals surface area contributed by atoms with Crippen LogP contribution in [-0.4, -0.2) is 27.9 Å². The molecule has 0 bridgehead atoms. The lowest BCUT2D eigenvalue weighted by molar-refractivity contribution is 0.0670. The number of hydrogen-bond donors (Lipinski definition) is 2. The van der Waals surface area contributed by atoms with E-state index >= 15 is 0 Å². The first kappa shape index (κ1) is 12.8. The molecule has 98 valence electrons. The second kappa shape index (κ2) is 5.35. The Bertz CT molecular complexity index is 418. The molecule has 1 aromatic heterocycles. The van der Waals surface area contributed by atoms with Gasteiger partial charge in [0, 0.05) is 12.1 Å². The molecule has 5 nitrogen and oxygen atoms in total. The van der Waals surface area contributed by atoms with Crippen LogP contribution in [0.2, 0.25) is 0 Å². The van der Waals surface area contributed by atoms with E-state index in [1.165, 1.54) is 0 Å². The molecule has 2 rings (SSSR count). The van der Waals surface area contributed by atoms with Crippen molar-refractivity contribution in [3.05, 3.63) is 24.0 Å². The van der Waals surface area contributed by atoms with Crippen molar-refractivity contribution in [2.24, 2.45) is 5.84 Å². The smallest absolute Gasteiger partial charge is 0.272 e. The molecule has 1 saturated heterocycles. The summed E-state index contributed by atoms with van der Waals surface area (Å²) in [6.45, 7) is 4.22. The van der Waals surface area contributed by atoms with Crippen LogP contribution in [0.3, 0.4) is 0 Å². The van der Waals surface area contributed by atoms with Gasteiger partial charge in [-0.1, -0.05) is 6.92 Å². The molecule has 0 saturated carbocycles. The molecule has 1 aliphatic heterocycles. The van der Waals surface area contributed by atoms with E-state index in [-0.39, 0.29) is 5.91 Å². The maximum absolute atomic E-state index is 12.4. The summed E-state index contributed by atoms with van der Waals surface area (Å²) in [5, 5.41) is 0. The summed E-state index contributed by atoms with van der Waals surface area (Å²) in [6, 6.07) is 4.13. The zero-order valence-corrected chi connectivity index (χ0v) is 10.9. The molecular formula is C13H20N4O. The van der Waals surface area contributed by atoms with Crippen LogP contribution in [0, 0.1) is 0 Å². The Labute approximate surface area is 107 Å². The molecule has 2 unspecified atom stereocenters. The lowest BCUT2D eigenvalue weighted by atomic mass is 10.1. The van der Waals surface area contributed by atoms with Crippen LogP contribution < -0.4 is 11.3 Å². The maximum Gasteiger partial charge on any atom is 0.272 e. The molecule has 0 spiro atoms. The summed E-state index contributed by atoms with van der Waals surface area (Å²) in [7, 11) is 0. The van der Waals surface area contributed by atoms with Gasteiger partial charge < -0.3 is 10.3 Å². The van der Waals surface area contributed by atoms with Gasteiger partial charge in [-0.2, -0.15) is 0 Å². The van der Waals surface area contributed by atoms with Crippen molar-refractivity contribution in [2.75, 3.05) is 5.43 Å². The van der Waals surface area contributed by atoms with Gasteiger partial charge >= 0.3 is 0 Å². The number of rotatable bonds is 3. The summed E-state index contributed by atoms with van der Waals surface area (Å²) in [5.74, 6) is 5.30. The Balaban J connectivity index is 2.18. The Kier molecular flexibility index (Phi) is 3.81. The van der Waals surface area contributed by atoms with E-state index in [1.54, 1.807) is 18.3 Å². The minimum Gasteiger partial charge on any atom is -0.332 e. The average molecular weight is 248 g/mol. The number of carbonyl (C=O) groups excluding carboxylic acids is 1. The van der Waals surface area contributed by atoms with Gasteiger partial charge in [-0.25, -0.2) is 4.98 Å². The molecule has 1 fully saturated rings. The molecule has 1 amide bonds. The lowest BCUT2D eigenvalue weighted by Crippen LogP contribution is -2.40. The number of carbonyl (C=O) groups is 1. The van der Waals surface area contributed by atoms with Crippen LogP contribution in [0.25, 0.3) is 0 Å². The van der Waals surface area contributed by atoms with Gasteiger partial charge in [0.15, 0.2) is 0 Å². The third-order valence-electron chi connectivity index (χ3n) is 3.64. The van der Waals surface area contributed by atoms with E-state index in [1.807, 2.05) is 4.90 Å². The van der Waals surface area contributed by atoms with E-state index in [0.29, 0.717) is 23.5 Å². The number of amides is 1. The van der Waals surface area contributed by atoms with Gasteiger partial charge in [0.25, 0.3) is 5.91 Å². The third-order valence-corrected chi connectivity index (χ3v) is 3.64. The highest BCUT2D eigenvalue weighted by Gasteiger charge is 2.33. The van der Waals surface area contributed by atoms with Crippen LogP contribution in [0.1, 0.15) is 43.6 Å². The normalized spacial score (nSPS) is 23.2. The monoisotopic (exact) mass is 248 g/mol. The number of nitrogen functional groups attached to an aromatic ring is 1. The van der Waals surface area contributed by atoms with Gasteiger partial charge in [-0.15, -0.1) is 0 Å². The fraction of sp³-hybridized carbons (Fsp3) is 0.538. The largest absolute Gasteiger partial charge is 0.332 e. The number of aromatic nitrogens is 1. The van der Waals surface area contributed by atoms with Crippen molar-refractivity contribution in [3.63, 3.8) is 0 Å². The number of likely N-dealkylation sites (tertiary alicyclic amines) is 1. The van der Waals surface area contributed by atoms with Gasteiger partial charge in [-0.3, -0.25) is 10.6 Å². The molecule has 1 aliphatic rings. The van der Waals surface area contributed by atoms with E-state index in [2.05, 4.69) is 24.3 Å². The van der Waals surface area contributed by atoms with Gasteiger partial charge in [0.1, 0.15) is 5.69 Å². The first-order valence-corrected chi connectivity index (χ1v) is 6.42. The molecule has 0 radical (unpaired) electrons. The number of nitrogens with zero attached hydrogens (tertiary/aromatic N) is 2. The van der Waals surface area contributed by atoms with E-state index in [4.69, 9.17) is 5.84 Å². The van der Waals surface area contributed by atoms with Crippen LogP contribution in [-0.2, 0) is 0 Å². The van der Waals surface area contributed by atoms with Crippen molar-refractivity contribution in [1.82, 2.24) is 9.88 Å². The average Bonchev–Trinajstić information content (AvgIpc) is 2.79. The minimum absolute atomic E-state index is 0.0235. The summed E-state index contributed by atoms with van der Waals surface area (Å²) in [4.78, 5) is 18.6. The molecule has 5 heteroatoms. The summed E-state index contributed by atoms with van der Waals surface area (Å²) in [5.41, 5.74) is 3.69. The standard InChI is InChI=1S/C13H20N4O/c1-3-11-6-4-9(2)17(11)13(18)12-7-5-10(16-14)8-15-12/h5,7-9,11,16H,3-4,6,14H2,1-2H3. The number of anilines is 1. The van der Waals surface area contributed by atoms with Crippen LogP contribution in [0.4, 0.5) is 5.69 Å². The first-order chi connectivity index (χ1) is 8.67. The number of nitrogens with two attached hydrogens (primary N) is 1. The molecular weight excluding hydrogens is 228 g/mol. The van der Waals surface area contributed by atoms with Crippen LogP contribution in [0.5, 0.6) is 0 Å². The molecule has 1 aromatic rings. The van der Waals surface area contributed by atoms with Gasteiger partial charge in [0.05, 0.1) is 11.9 Å². The van der Waals surface area contributed by atoms with Gasteiger partial charge in [0.2, 0.25) is 0 Å². The minimum atomic E-state index is 0.0235. The SMILES string of the molecule is CCC1CCC(C)N1C(=O)c1ccc(NN)cn1. The van der Waals surface area contributed by atoms with E-state index < -0.39 is 0 Å². The second-order valence-corrected chi connectivity index (χ2v) is 4.78. The highest BCUT2D eigenvalue weighted by Crippen LogP contribution is 2.27. The van der Waals surface area contributed by atoms with Crippen molar-refractivity contribution in [3.8, 4) is 0 Å². The fourth-order valence-corrected chi connectivity index (χ4v) is 2.58. The van der Waals surface area contributed by atoms with Crippen molar-refractivity contribution in [1.29, 1.82) is 0 Å². The Hall–Kier alpha value is -1.62. The zero-order valence-electron chi connectivity index (χ0n) is 10.9. The fourth-order valence-electron chi connectivity index (χ4n) is 2.58. The second-order valence-electron chi connectivity index (χ2n) is 4.78. The van der Waals surface area contributed by atoms with Gasteiger partial charge in [-0.05, 0) is 38.3 Å². The third kappa shape index (κ3) is 2.31. The van der Waals surface area contributed by atoms with Crippen LogP contribution in [0.15, 0.2) is 18.3 Å². The highest BCUT2D eigenvalue weighted by molar-refractivity contribution is 5.93. The predicted molar refractivity (Wildman–Crippen MR) is 71.0 cm³/mol. The topological polar surface area (TPSA) is 71.2 Å². The summed E-state index contributed by atoms with van der Waals surface area (Å²) < 4.78 is 0. The molecule has 3 N–H and O–H groups in total. The number of pyridine rings is 1. The lowest BCUT2D eigenvalue weighted by Gasteiger charge is -2.27. The highest BCUT2D eigenvalue weighted by atomic mass is 16.2. The van der Waals surface area contributed by atoms with E-state index in [9.17, 15) is 4.79 Å². The quantitative estimate of drug-likeness (QED) is 0.631. The number of nitrogens with one attached hydrogen (secondary N) is 1. The van der Waals surface area contributed by atoms with Crippen molar-refractivity contribution in [2.45, 2.75) is 45.2 Å². The predicted octanol–water partition coefficient (Wildman–Crippen LogP) is 1.77. The van der Waals surface area contributed by atoms with Crippen molar-refractivity contribution >= 4 is 11.6 Å². The molecule has 18 heavy (non-hydrogen) atoms. The number of hydrazine groups is 1. The zero-order chi connectivity index (χ0) is 13.1. The van der Waals surface area contributed by atoms with Crippen LogP contribution >= 0.6 is 0 Å². The Morgan fingerprint density at radius 2 is 2.33 bits per heavy atom. The molecule has 0 aromatic carbocycles. The molecule has 2 heterocycles.